The van der Waals surface area contributed by atoms with E-state index in [1.807, 2.05) is 6.92 Å². The van der Waals surface area contributed by atoms with E-state index in [0.29, 0.717) is 0 Å². The quantitative estimate of drug-likeness (QED) is 0.633. The highest BCUT2D eigenvalue weighted by Crippen LogP contribution is 2.47. The van der Waals surface area contributed by atoms with Crippen LogP contribution in [0.5, 0.6) is 0 Å². The van der Waals surface area contributed by atoms with Crippen molar-refractivity contribution in [1.82, 2.24) is 5.32 Å². The summed E-state index contributed by atoms with van der Waals surface area (Å²) in [5.74, 6) is -0.572. The summed E-state index contributed by atoms with van der Waals surface area (Å²) in [5.41, 5.74) is -0.189. The number of amides is 1. The summed E-state index contributed by atoms with van der Waals surface area (Å²) in [7, 11) is 1.56. The minimum absolute atomic E-state index is 0.0850. The summed E-state index contributed by atoms with van der Waals surface area (Å²) in [4.78, 5) is 22.7. The van der Waals surface area contributed by atoms with Crippen LogP contribution in [0.25, 0.3) is 0 Å². The van der Waals surface area contributed by atoms with E-state index in [4.69, 9.17) is 0 Å². The fraction of sp³-hybridized carbons (Fsp3) is 0.778. The molecule has 0 heterocycles. The molecule has 1 aliphatic carbocycles. The van der Waals surface area contributed by atoms with Crippen molar-refractivity contribution in [2.75, 3.05) is 7.05 Å². The second kappa shape index (κ2) is 2.88. The van der Waals surface area contributed by atoms with Crippen molar-refractivity contribution < 1.29 is 9.59 Å². The minimum atomic E-state index is -0.484. The van der Waals surface area contributed by atoms with Gasteiger partial charge in [0.1, 0.15) is 0 Å². The van der Waals surface area contributed by atoms with Gasteiger partial charge in [-0.2, -0.15) is 0 Å². The van der Waals surface area contributed by atoms with Gasteiger partial charge in [0, 0.05) is 12.5 Å². The van der Waals surface area contributed by atoms with E-state index < -0.39 is 5.92 Å². The zero-order valence-corrected chi connectivity index (χ0v) is 7.81. The summed E-state index contributed by atoms with van der Waals surface area (Å²) in [6.45, 7) is 3.60. The van der Waals surface area contributed by atoms with Gasteiger partial charge in [0.15, 0.2) is 5.78 Å². The van der Waals surface area contributed by atoms with Gasteiger partial charge >= 0.3 is 0 Å². The molecule has 1 atom stereocenters. The Balaban J connectivity index is 2.58. The minimum Gasteiger partial charge on any atom is -0.359 e. The number of rotatable bonds is 3. The largest absolute Gasteiger partial charge is 0.359 e. The standard InChI is InChI=1S/C9H15NO2/c1-6(8(12)10-3)7(11)9(2)4-5-9/h6H,4-5H2,1-3H3,(H,10,12). The number of hydrogen-bond donors (Lipinski definition) is 1. The van der Waals surface area contributed by atoms with Gasteiger partial charge in [-0.1, -0.05) is 6.92 Å². The van der Waals surface area contributed by atoms with Crippen molar-refractivity contribution >= 4 is 11.7 Å². The van der Waals surface area contributed by atoms with Gasteiger partial charge in [-0.3, -0.25) is 9.59 Å². The number of Topliss-reactive ketones (excluding diaryl/α,β-unsaturated/α-hetero) is 1. The van der Waals surface area contributed by atoms with E-state index in [-0.39, 0.29) is 17.1 Å². The van der Waals surface area contributed by atoms with Crippen molar-refractivity contribution in [3.8, 4) is 0 Å². The molecule has 0 aliphatic heterocycles. The van der Waals surface area contributed by atoms with Gasteiger partial charge in [0.25, 0.3) is 0 Å². The highest BCUT2D eigenvalue weighted by atomic mass is 16.2. The van der Waals surface area contributed by atoms with Gasteiger partial charge in [0.2, 0.25) is 5.91 Å². The van der Waals surface area contributed by atoms with Gasteiger partial charge in [-0.25, -0.2) is 0 Å². The number of nitrogens with one attached hydrogen (secondary N) is 1. The molecule has 0 radical (unpaired) electrons. The van der Waals surface area contributed by atoms with Gasteiger partial charge in [-0.05, 0) is 19.8 Å². The molecule has 0 bridgehead atoms. The average Bonchev–Trinajstić information content (AvgIpc) is 2.81. The Morgan fingerprint density at radius 3 is 2.25 bits per heavy atom. The average molecular weight is 169 g/mol. The van der Waals surface area contributed by atoms with Crippen molar-refractivity contribution in [3.63, 3.8) is 0 Å². The Bertz CT molecular complexity index is 219. The Kier molecular flexibility index (Phi) is 2.22. The fourth-order valence-electron chi connectivity index (χ4n) is 1.29. The summed E-state index contributed by atoms with van der Waals surface area (Å²) in [6.07, 6.45) is 1.88. The van der Waals surface area contributed by atoms with E-state index in [9.17, 15) is 9.59 Å². The maximum Gasteiger partial charge on any atom is 0.230 e. The first-order chi connectivity index (χ1) is 5.51. The molecule has 0 spiro atoms. The summed E-state index contributed by atoms with van der Waals surface area (Å²) in [6, 6.07) is 0. The van der Waals surface area contributed by atoms with E-state index >= 15 is 0 Å². The lowest BCUT2D eigenvalue weighted by atomic mass is 9.92. The van der Waals surface area contributed by atoms with Crippen LogP contribution in [-0.4, -0.2) is 18.7 Å². The van der Waals surface area contributed by atoms with Crippen molar-refractivity contribution in [2.45, 2.75) is 26.7 Å². The van der Waals surface area contributed by atoms with Crippen LogP contribution in [0.1, 0.15) is 26.7 Å². The van der Waals surface area contributed by atoms with Crippen LogP contribution in [0, 0.1) is 11.3 Å². The van der Waals surface area contributed by atoms with Crippen molar-refractivity contribution in [2.24, 2.45) is 11.3 Å². The first kappa shape index (κ1) is 9.23. The summed E-state index contributed by atoms with van der Waals surface area (Å²) >= 11 is 0. The van der Waals surface area contributed by atoms with E-state index in [2.05, 4.69) is 5.32 Å². The molecule has 1 rings (SSSR count). The molecule has 1 saturated carbocycles. The van der Waals surface area contributed by atoms with Crippen LogP contribution >= 0.6 is 0 Å². The molecule has 1 N–H and O–H groups in total. The molecule has 0 saturated heterocycles. The van der Waals surface area contributed by atoms with E-state index in [0.717, 1.165) is 12.8 Å². The molecule has 0 aromatic heterocycles. The topological polar surface area (TPSA) is 46.2 Å². The second-order valence-corrected chi connectivity index (χ2v) is 3.76. The Morgan fingerprint density at radius 1 is 1.42 bits per heavy atom. The van der Waals surface area contributed by atoms with Crippen LogP contribution in [0.2, 0.25) is 0 Å². The lowest BCUT2D eigenvalue weighted by Crippen LogP contribution is -2.34. The normalized spacial score (nSPS) is 21.2. The van der Waals surface area contributed by atoms with Gasteiger partial charge in [-0.15, -0.1) is 0 Å². The monoisotopic (exact) mass is 169 g/mol. The van der Waals surface area contributed by atoms with Crippen LogP contribution in [-0.2, 0) is 9.59 Å². The number of ketones is 1. The molecule has 1 fully saturated rings. The predicted molar refractivity (Wildman–Crippen MR) is 45.6 cm³/mol. The molecule has 0 aromatic rings. The molecule has 1 aliphatic rings. The fourth-order valence-corrected chi connectivity index (χ4v) is 1.29. The Labute approximate surface area is 72.5 Å². The molecule has 3 heteroatoms. The highest BCUT2D eigenvalue weighted by molar-refractivity contribution is 6.04. The zero-order chi connectivity index (χ0) is 9.35. The SMILES string of the molecule is CNC(=O)C(C)C(=O)C1(C)CC1. The van der Waals surface area contributed by atoms with Crippen molar-refractivity contribution in [1.29, 1.82) is 0 Å². The van der Waals surface area contributed by atoms with Crippen LogP contribution in [0.15, 0.2) is 0 Å². The summed E-state index contributed by atoms with van der Waals surface area (Å²) < 4.78 is 0. The molecule has 3 nitrogen and oxygen atoms in total. The van der Waals surface area contributed by atoms with Crippen LogP contribution in [0.3, 0.4) is 0 Å². The van der Waals surface area contributed by atoms with E-state index in [1.54, 1.807) is 14.0 Å². The molecular formula is C9H15NO2. The van der Waals surface area contributed by atoms with E-state index in [1.165, 1.54) is 0 Å². The molecule has 68 valence electrons. The molecular weight excluding hydrogens is 154 g/mol. The third-order valence-electron chi connectivity index (χ3n) is 2.63. The Hall–Kier alpha value is -0.860. The second-order valence-electron chi connectivity index (χ2n) is 3.76. The number of hydrogen-bond acceptors (Lipinski definition) is 2. The molecule has 1 amide bonds. The van der Waals surface area contributed by atoms with Crippen molar-refractivity contribution in [3.05, 3.63) is 0 Å². The summed E-state index contributed by atoms with van der Waals surface area (Å²) in [5, 5.41) is 2.49. The molecule has 12 heavy (non-hydrogen) atoms. The Morgan fingerprint density at radius 2 is 1.92 bits per heavy atom. The third kappa shape index (κ3) is 1.49. The van der Waals surface area contributed by atoms with Gasteiger partial charge < -0.3 is 5.32 Å². The maximum atomic E-state index is 11.6. The first-order valence-corrected chi connectivity index (χ1v) is 4.27. The van der Waals surface area contributed by atoms with Gasteiger partial charge in [0.05, 0.1) is 5.92 Å². The third-order valence-corrected chi connectivity index (χ3v) is 2.63. The highest BCUT2D eigenvalue weighted by Gasteiger charge is 2.47. The van der Waals surface area contributed by atoms with Crippen LogP contribution in [0.4, 0.5) is 0 Å². The van der Waals surface area contributed by atoms with Crippen LogP contribution < -0.4 is 5.32 Å². The molecule has 1 unspecified atom stereocenters. The maximum absolute atomic E-state index is 11.6. The zero-order valence-electron chi connectivity index (χ0n) is 7.81. The lowest BCUT2D eigenvalue weighted by molar-refractivity contribution is -0.135. The number of carbonyl (C=O) groups excluding carboxylic acids is 2. The molecule has 0 aromatic carbocycles. The predicted octanol–water partition coefficient (Wildman–Crippen LogP) is 0.738. The lowest BCUT2D eigenvalue weighted by Gasteiger charge is -2.12. The number of carbonyl (C=O) groups is 2. The first-order valence-electron chi connectivity index (χ1n) is 4.27. The smallest absolute Gasteiger partial charge is 0.230 e.